The molecule has 0 aromatic heterocycles. The highest BCUT2D eigenvalue weighted by atomic mass is 35.5. The number of benzene rings is 1. The lowest BCUT2D eigenvalue weighted by atomic mass is 10.2. The average molecular weight is 156 g/mol. The first-order chi connectivity index (χ1) is 4.74. The number of phenolic OH excluding ortho intramolecular Hbond substituents is 1. The van der Waals surface area contributed by atoms with Crippen molar-refractivity contribution in [2.45, 2.75) is 0 Å². The zero-order chi connectivity index (χ0) is 7.56. The van der Waals surface area contributed by atoms with Crippen LogP contribution in [0.15, 0.2) is 18.2 Å². The topological polar surface area (TPSA) is 37.3 Å². The molecule has 0 spiro atoms. The van der Waals surface area contributed by atoms with Crippen LogP contribution in [-0.2, 0) is 4.79 Å². The van der Waals surface area contributed by atoms with Crippen molar-refractivity contribution in [1.29, 1.82) is 0 Å². The Morgan fingerprint density at radius 1 is 1.50 bits per heavy atom. The number of hydrogen-bond acceptors (Lipinski definition) is 2. The summed E-state index contributed by atoms with van der Waals surface area (Å²) < 4.78 is 0. The highest BCUT2D eigenvalue weighted by molar-refractivity contribution is 6.33. The Balaban J connectivity index is 3.19. The predicted octanol–water partition coefficient (Wildman–Crippen LogP) is 1.50. The summed E-state index contributed by atoms with van der Waals surface area (Å²) in [6, 6.07) is 4.08. The summed E-state index contributed by atoms with van der Waals surface area (Å²) in [5, 5.41) is 9.04. The molecular weight excluding hydrogens is 152 g/mol. The molecular formula is C7H4ClO2. The lowest BCUT2D eigenvalue weighted by molar-refractivity contribution is 0.475. The van der Waals surface area contributed by atoms with Gasteiger partial charge in [0.05, 0.1) is 5.02 Å². The molecule has 0 saturated heterocycles. The van der Waals surface area contributed by atoms with E-state index in [1.165, 1.54) is 18.2 Å². The Morgan fingerprint density at radius 2 is 2.20 bits per heavy atom. The minimum Gasteiger partial charge on any atom is -0.508 e. The van der Waals surface area contributed by atoms with Gasteiger partial charge in [0.1, 0.15) is 5.75 Å². The Bertz CT molecular complexity index is 258. The van der Waals surface area contributed by atoms with Crippen molar-refractivity contribution in [3.8, 4) is 5.75 Å². The summed E-state index contributed by atoms with van der Waals surface area (Å²) in [7, 11) is 0. The van der Waals surface area contributed by atoms with E-state index in [2.05, 4.69) is 0 Å². The molecule has 3 heteroatoms. The molecule has 1 aromatic rings. The van der Waals surface area contributed by atoms with Crippen LogP contribution in [0, 0.1) is 0 Å². The molecule has 0 saturated carbocycles. The lowest BCUT2D eigenvalue weighted by Crippen LogP contribution is -1.79. The Morgan fingerprint density at radius 3 is 2.70 bits per heavy atom. The minimum absolute atomic E-state index is 0.0454. The zero-order valence-corrected chi connectivity index (χ0v) is 5.72. The molecule has 0 aliphatic heterocycles. The molecule has 10 heavy (non-hydrogen) atoms. The number of carbonyl (C=O) groups excluding carboxylic acids is 1. The monoisotopic (exact) mass is 155 g/mol. The molecule has 0 bridgehead atoms. The average Bonchev–Trinajstić information content (AvgIpc) is 1.88. The van der Waals surface area contributed by atoms with Crippen molar-refractivity contribution >= 4 is 17.9 Å². The SMILES string of the molecule is O=[C]c1ccc(O)cc1Cl. The number of aromatic hydroxyl groups is 1. The summed E-state index contributed by atoms with van der Waals surface area (Å²) in [6.07, 6.45) is 1.63. The van der Waals surface area contributed by atoms with Crippen molar-refractivity contribution in [3.63, 3.8) is 0 Å². The van der Waals surface area contributed by atoms with Crippen molar-refractivity contribution < 1.29 is 9.90 Å². The van der Waals surface area contributed by atoms with Crippen LogP contribution < -0.4 is 0 Å². The van der Waals surface area contributed by atoms with Gasteiger partial charge >= 0.3 is 0 Å². The van der Waals surface area contributed by atoms with E-state index in [1.807, 2.05) is 0 Å². The van der Waals surface area contributed by atoms with E-state index < -0.39 is 0 Å². The van der Waals surface area contributed by atoms with Gasteiger partial charge in [-0.2, -0.15) is 0 Å². The first-order valence-electron chi connectivity index (χ1n) is 2.60. The maximum Gasteiger partial charge on any atom is 0.235 e. The molecule has 1 radical (unpaired) electrons. The quantitative estimate of drug-likeness (QED) is 0.668. The van der Waals surface area contributed by atoms with Crippen LogP contribution >= 0.6 is 11.6 Å². The summed E-state index contributed by atoms with van der Waals surface area (Å²) in [5.41, 5.74) is 0.263. The van der Waals surface area contributed by atoms with E-state index in [4.69, 9.17) is 16.7 Å². The molecule has 1 rings (SSSR count). The van der Waals surface area contributed by atoms with Gasteiger partial charge in [-0.05, 0) is 18.2 Å². The van der Waals surface area contributed by atoms with Crippen LogP contribution in [0.25, 0.3) is 0 Å². The van der Waals surface area contributed by atoms with Gasteiger partial charge in [-0.3, -0.25) is 4.79 Å². The fourth-order valence-electron chi connectivity index (χ4n) is 0.587. The third kappa shape index (κ3) is 1.28. The molecule has 2 nitrogen and oxygen atoms in total. The van der Waals surface area contributed by atoms with Crippen LogP contribution in [0.5, 0.6) is 5.75 Å². The van der Waals surface area contributed by atoms with Gasteiger partial charge in [0.2, 0.25) is 6.29 Å². The molecule has 0 fully saturated rings. The van der Waals surface area contributed by atoms with Crippen molar-refractivity contribution in [2.24, 2.45) is 0 Å². The van der Waals surface area contributed by atoms with Gasteiger partial charge < -0.3 is 5.11 Å². The number of halogens is 1. The minimum atomic E-state index is 0.0454. The Labute approximate surface area is 63.1 Å². The molecule has 0 aliphatic rings. The van der Waals surface area contributed by atoms with Crippen LogP contribution in [-0.4, -0.2) is 11.4 Å². The largest absolute Gasteiger partial charge is 0.508 e. The summed E-state index contributed by atoms with van der Waals surface area (Å²) in [4.78, 5) is 10.0. The maximum absolute atomic E-state index is 10.0. The lowest BCUT2D eigenvalue weighted by Gasteiger charge is -1.93. The second-order valence-electron chi connectivity index (χ2n) is 1.77. The van der Waals surface area contributed by atoms with Gasteiger partial charge in [-0.15, -0.1) is 0 Å². The molecule has 0 unspecified atom stereocenters. The van der Waals surface area contributed by atoms with Crippen LogP contribution in [0.4, 0.5) is 0 Å². The van der Waals surface area contributed by atoms with Crippen LogP contribution in [0.3, 0.4) is 0 Å². The van der Waals surface area contributed by atoms with E-state index in [0.717, 1.165) is 0 Å². The van der Waals surface area contributed by atoms with E-state index >= 15 is 0 Å². The van der Waals surface area contributed by atoms with Crippen molar-refractivity contribution in [3.05, 3.63) is 28.8 Å². The first kappa shape index (κ1) is 7.09. The predicted molar refractivity (Wildman–Crippen MR) is 37.9 cm³/mol. The number of hydrogen-bond donors (Lipinski definition) is 1. The van der Waals surface area contributed by atoms with Crippen LogP contribution in [0.1, 0.15) is 5.56 Å². The van der Waals surface area contributed by atoms with E-state index in [9.17, 15) is 4.79 Å². The van der Waals surface area contributed by atoms with E-state index in [1.54, 1.807) is 6.29 Å². The molecule has 0 aliphatic carbocycles. The highest BCUT2D eigenvalue weighted by Crippen LogP contribution is 2.19. The Kier molecular flexibility index (Phi) is 1.92. The van der Waals surface area contributed by atoms with Gasteiger partial charge in [0.25, 0.3) is 0 Å². The fraction of sp³-hybridized carbons (Fsp3) is 0. The van der Waals surface area contributed by atoms with Gasteiger partial charge in [-0.25, -0.2) is 0 Å². The van der Waals surface area contributed by atoms with E-state index in [-0.39, 0.29) is 16.3 Å². The van der Waals surface area contributed by atoms with Gasteiger partial charge in [-0.1, -0.05) is 11.6 Å². The second kappa shape index (κ2) is 2.71. The smallest absolute Gasteiger partial charge is 0.235 e. The second-order valence-corrected chi connectivity index (χ2v) is 2.17. The molecule has 1 N–H and O–H groups in total. The molecule has 0 amide bonds. The van der Waals surface area contributed by atoms with Gasteiger partial charge in [0, 0.05) is 5.56 Å². The van der Waals surface area contributed by atoms with Crippen LogP contribution in [0.2, 0.25) is 5.02 Å². The first-order valence-corrected chi connectivity index (χ1v) is 2.98. The van der Waals surface area contributed by atoms with E-state index in [0.29, 0.717) is 0 Å². The molecule has 0 heterocycles. The summed E-state index contributed by atoms with van der Waals surface area (Å²) >= 11 is 5.51. The van der Waals surface area contributed by atoms with Crippen molar-refractivity contribution in [1.82, 2.24) is 0 Å². The number of rotatable bonds is 1. The third-order valence-corrected chi connectivity index (χ3v) is 1.38. The Hall–Kier alpha value is -1.02. The van der Waals surface area contributed by atoms with Crippen molar-refractivity contribution in [2.75, 3.05) is 0 Å². The normalized spacial score (nSPS) is 9.30. The molecule has 0 atom stereocenters. The fourth-order valence-corrected chi connectivity index (χ4v) is 0.800. The maximum atomic E-state index is 10.0. The summed E-state index contributed by atoms with van der Waals surface area (Å²) in [6.45, 7) is 0. The number of phenols is 1. The zero-order valence-electron chi connectivity index (χ0n) is 4.97. The third-order valence-electron chi connectivity index (χ3n) is 1.06. The standard InChI is InChI=1S/C7H4ClO2/c8-7-3-6(10)2-1-5(7)4-9/h1-3,10H. The highest BCUT2D eigenvalue weighted by Gasteiger charge is 1.98. The molecule has 1 aromatic carbocycles. The summed E-state index contributed by atoms with van der Waals surface area (Å²) in [5.74, 6) is 0.0454. The van der Waals surface area contributed by atoms with Gasteiger partial charge in [0.15, 0.2) is 0 Å². The molecule has 51 valence electrons.